The average molecular weight is 216 g/mol. The number of carbonyl (C=O) groups excluding carboxylic acids is 1. The number of rotatable bonds is 0. The zero-order valence-corrected chi connectivity index (χ0v) is 9.05. The van der Waals surface area contributed by atoms with E-state index >= 15 is 0 Å². The second-order valence-electron chi connectivity index (χ2n) is 4.04. The first kappa shape index (κ1) is 9.33. The van der Waals surface area contributed by atoms with Gasteiger partial charge in [-0.3, -0.25) is 4.90 Å². The molecular formula is C11H12N4O. The fourth-order valence-electron chi connectivity index (χ4n) is 2.23. The first-order valence-electron chi connectivity index (χ1n) is 5.36. The van der Waals surface area contributed by atoms with Gasteiger partial charge in [-0.2, -0.15) is 5.01 Å². The molecule has 0 aromatic heterocycles. The number of amides is 2. The highest BCUT2D eigenvalue weighted by Gasteiger charge is 2.29. The molecule has 0 radical (unpaired) electrons. The quantitative estimate of drug-likeness (QED) is 0.657. The van der Waals surface area contributed by atoms with Crippen molar-refractivity contribution in [3.8, 4) is 0 Å². The summed E-state index contributed by atoms with van der Waals surface area (Å²) in [6.07, 6.45) is 2.00. The molecule has 0 unspecified atom stereocenters. The molecule has 2 heterocycles. The molecule has 2 aliphatic heterocycles. The topological polar surface area (TPSA) is 48.3 Å². The van der Waals surface area contributed by atoms with Crippen LogP contribution in [-0.2, 0) is 6.42 Å². The Morgan fingerprint density at radius 1 is 1.38 bits per heavy atom. The van der Waals surface area contributed by atoms with Gasteiger partial charge in [0.25, 0.3) is 0 Å². The van der Waals surface area contributed by atoms with Crippen LogP contribution >= 0.6 is 0 Å². The Kier molecular flexibility index (Phi) is 1.92. The third kappa shape index (κ3) is 1.21. The average Bonchev–Trinajstić information content (AvgIpc) is 2.44. The van der Waals surface area contributed by atoms with Gasteiger partial charge in [-0.05, 0) is 24.5 Å². The molecule has 1 aromatic carbocycles. The maximum Gasteiger partial charge on any atom is 0.346 e. The number of hydrogen-bond acceptors (Lipinski definition) is 3. The van der Waals surface area contributed by atoms with Crippen LogP contribution in [-0.4, -0.2) is 24.6 Å². The van der Waals surface area contributed by atoms with Gasteiger partial charge in [0.15, 0.2) is 0 Å². The lowest BCUT2D eigenvalue weighted by molar-refractivity contribution is 0.215. The molecule has 5 nitrogen and oxygen atoms in total. The summed E-state index contributed by atoms with van der Waals surface area (Å²) in [6.45, 7) is 0.748. The monoisotopic (exact) mass is 216 g/mol. The maximum atomic E-state index is 12.0. The largest absolute Gasteiger partial charge is 0.346 e. The molecule has 1 aromatic rings. The van der Waals surface area contributed by atoms with Gasteiger partial charge in [-0.25, -0.2) is 4.79 Å². The zero-order chi connectivity index (χ0) is 11.1. The number of benzene rings is 1. The number of aryl methyl sites for hydroxylation is 1. The molecule has 16 heavy (non-hydrogen) atoms. The Balaban J connectivity index is 2.23. The molecule has 0 saturated carbocycles. The minimum atomic E-state index is -0.102. The number of nitrogens with zero attached hydrogens (tertiary/aromatic N) is 4. The first-order valence-corrected chi connectivity index (χ1v) is 5.36. The minimum absolute atomic E-state index is 0.102. The summed E-state index contributed by atoms with van der Waals surface area (Å²) in [5.41, 5.74) is 2.91. The SMILES string of the molecule is CN1N=Nc2cccc3c2N(CCC3)C1=O. The van der Waals surface area contributed by atoms with Crippen molar-refractivity contribution in [1.29, 1.82) is 0 Å². The van der Waals surface area contributed by atoms with E-state index in [0.717, 1.165) is 30.8 Å². The Hall–Kier alpha value is -1.91. The number of urea groups is 1. The van der Waals surface area contributed by atoms with Gasteiger partial charge in [0, 0.05) is 13.6 Å². The normalized spacial score (nSPS) is 18.4. The maximum absolute atomic E-state index is 12.0. The second kappa shape index (κ2) is 3.30. The fraction of sp³-hybridized carbons (Fsp3) is 0.364. The summed E-state index contributed by atoms with van der Waals surface area (Å²) in [5, 5.41) is 9.27. The van der Waals surface area contributed by atoms with E-state index in [4.69, 9.17) is 0 Å². The van der Waals surface area contributed by atoms with E-state index in [9.17, 15) is 4.79 Å². The van der Waals surface area contributed by atoms with Crippen molar-refractivity contribution in [3.63, 3.8) is 0 Å². The molecule has 5 heteroatoms. The summed E-state index contributed by atoms with van der Waals surface area (Å²) < 4.78 is 0. The summed E-state index contributed by atoms with van der Waals surface area (Å²) in [5.74, 6) is 0. The van der Waals surface area contributed by atoms with Crippen molar-refractivity contribution in [2.75, 3.05) is 18.5 Å². The summed E-state index contributed by atoms with van der Waals surface area (Å²) in [7, 11) is 1.63. The third-order valence-electron chi connectivity index (χ3n) is 2.99. The molecule has 0 saturated heterocycles. The van der Waals surface area contributed by atoms with Crippen LogP contribution in [0, 0.1) is 0 Å². The van der Waals surface area contributed by atoms with Crippen molar-refractivity contribution in [2.24, 2.45) is 10.3 Å². The van der Waals surface area contributed by atoms with Crippen LogP contribution in [0.1, 0.15) is 12.0 Å². The van der Waals surface area contributed by atoms with E-state index < -0.39 is 0 Å². The molecule has 2 amide bonds. The van der Waals surface area contributed by atoms with Gasteiger partial charge < -0.3 is 0 Å². The van der Waals surface area contributed by atoms with Crippen LogP contribution in [0.4, 0.5) is 16.2 Å². The second-order valence-corrected chi connectivity index (χ2v) is 4.04. The predicted octanol–water partition coefficient (Wildman–Crippen LogP) is 2.50. The van der Waals surface area contributed by atoms with Crippen molar-refractivity contribution >= 4 is 17.4 Å². The van der Waals surface area contributed by atoms with E-state index in [1.165, 1.54) is 10.6 Å². The van der Waals surface area contributed by atoms with Crippen LogP contribution in [0.5, 0.6) is 0 Å². The molecule has 0 N–H and O–H groups in total. The number of anilines is 1. The van der Waals surface area contributed by atoms with Crippen molar-refractivity contribution in [2.45, 2.75) is 12.8 Å². The molecule has 0 spiro atoms. The number of para-hydroxylation sites is 1. The summed E-state index contributed by atoms with van der Waals surface area (Å²) in [6, 6.07) is 5.81. The molecule has 2 aliphatic rings. The highest BCUT2D eigenvalue weighted by Crippen LogP contribution is 2.38. The summed E-state index contributed by atoms with van der Waals surface area (Å²) in [4.78, 5) is 13.8. The predicted molar refractivity (Wildman–Crippen MR) is 59.8 cm³/mol. The van der Waals surface area contributed by atoms with E-state index in [-0.39, 0.29) is 6.03 Å². The fourth-order valence-corrected chi connectivity index (χ4v) is 2.23. The smallest absolute Gasteiger partial charge is 0.290 e. The third-order valence-corrected chi connectivity index (χ3v) is 2.99. The molecule has 0 aliphatic carbocycles. The Bertz CT molecular complexity index is 483. The van der Waals surface area contributed by atoms with Crippen LogP contribution in [0.15, 0.2) is 28.5 Å². The van der Waals surface area contributed by atoms with E-state index in [1.807, 2.05) is 12.1 Å². The first-order chi connectivity index (χ1) is 7.77. The van der Waals surface area contributed by atoms with E-state index in [2.05, 4.69) is 16.4 Å². The summed E-state index contributed by atoms with van der Waals surface area (Å²) >= 11 is 0. The van der Waals surface area contributed by atoms with E-state index in [0.29, 0.717) is 0 Å². The van der Waals surface area contributed by atoms with Crippen molar-refractivity contribution in [1.82, 2.24) is 5.01 Å². The molecule has 0 atom stereocenters. The molecular weight excluding hydrogens is 204 g/mol. The standard InChI is InChI=1S/C11H12N4O/c1-14-11(16)15-7-3-5-8-4-2-6-9(10(8)15)12-13-14/h2,4,6H,3,5,7H2,1H3. The van der Waals surface area contributed by atoms with Gasteiger partial charge in [0.05, 0.1) is 5.69 Å². The molecule has 0 bridgehead atoms. The van der Waals surface area contributed by atoms with Crippen LogP contribution in [0.3, 0.4) is 0 Å². The van der Waals surface area contributed by atoms with Gasteiger partial charge in [0.2, 0.25) is 0 Å². The lowest BCUT2D eigenvalue weighted by atomic mass is 10.0. The van der Waals surface area contributed by atoms with Gasteiger partial charge in [-0.1, -0.05) is 17.4 Å². The van der Waals surface area contributed by atoms with Gasteiger partial charge in [0.1, 0.15) is 5.69 Å². The number of carbonyl (C=O) groups is 1. The Morgan fingerprint density at radius 2 is 2.25 bits per heavy atom. The lowest BCUT2D eigenvalue weighted by Gasteiger charge is -2.29. The minimum Gasteiger partial charge on any atom is -0.290 e. The highest BCUT2D eigenvalue weighted by molar-refractivity contribution is 5.96. The van der Waals surface area contributed by atoms with Gasteiger partial charge in [-0.15, -0.1) is 5.11 Å². The Morgan fingerprint density at radius 3 is 3.12 bits per heavy atom. The van der Waals surface area contributed by atoms with Crippen molar-refractivity contribution in [3.05, 3.63) is 23.8 Å². The van der Waals surface area contributed by atoms with Gasteiger partial charge >= 0.3 is 6.03 Å². The van der Waals surface area contributed by atoms with Crippen LogP contribution in [0.25, 0.3) is 0 Å². The zero-order valence-electron chi connectivity index (χ0n) is 9.05. The van der Waals surface area contributed by atoms with Crippen LogP contribution < -0.4 is 4.90 Å². The van der Waals surface area contributed by atoms with E-state index in [1.54, 1.807) is 11.9 Å². The van der Waals surface area contributed by atoms with Crippen molar-refractivity contribution < 1.29 is 4.79 Å². The molecule has 0 fully saturated rings. The molecule has 3 rings (SSSR count). The van der Waals surface area contributed by atoms with Crippen LogP contribution in [0.2, 0.25) is 0 Å². The highest BCUT2D eigenvalue weighted by atomic mass is 16.2. The lowest BCUT2D eigenvalue weighted by Crippen LogP contribution is -2.40. The Labute approximate surface area is 93.3 Å². The number of hydrogen-bond donors (Lipinski definition) is 0. The molecule has 82 valence electrons.